The minimum Gasteiger partial charge on any atom is -0.465 e. The Morgan fingerprint density at radius 2 is 1.79 bits per heavy atom. The lowest BCUT2D eigenvalue weighted by Crippen LogP contribution is -2.51. The van der Waals surface area contributed by atoms with Gasteiger partial charge in [-0.15, -0.1) is 0 Å². The van der Waals surface area contributed by atoms with Crippen LogP contribution in [-0.2, 0) is 4.79 Å². The third-order valence-electron chi connectivity index (χ3n) is 2.88. The number of Topliss-reactive ketones (excluding diaryl/α,β-unsaturated/α-hetero) is 1. The number of ketones is 1. The number of carbonyl (C=O) groups excluding carboxylic acids is 1. The molecule has 4 nitrogen and oxygen atoms in total. The Balaban J connectivity index is 2.82. The Morgan fingerprint density at radius 3 is 2.07 bits per heavy atom. The summed E-state index contributed by atoms with van der Waals surface area (Å²) < 4.78 is 0. The molecule has 0 saturated carbocycles. The lowest BCUT2D eigenvalue weighted by molar-refractivity contribution is -0.124. The zero-order valence-corrected chi connectivity index (χ0v) is 8.69. The molecular formula is C10H17NO3. The van der Waals surface area contributed by atoms with Crippen molar-refractivity contribution in [3.05, 3.63) is 0 Å². The standard InChI is InChI=1S/C10H17NO3/c1-3-7-5-9(12)6-8(4-2)11(7)10(13)14/h7-8H,3-6H2,1-2H3,(H,13,14). The largest absolute Gasteiger partial charge is 0.465 e. The molecule has 2 unspecified atom stereocenters. The molecule has 1 aliphatic rings. The quantitative estimate of drug-likeness (QED) is 0.738. The van der Waals surface area contributed by atoms with Gasteiger partial charge in [-0.25, -0.2) is 4.79 Å². The Kier molecular flexibility index (Phi) is 3.49. The van der Waals surface area contributed by atoms with Crippen LogP contribution in [0.25, 0.3) is 0 Å². The molecule has 4 heteroatoms. The molecule has 2 atom stereocenters. The van der Waals surface area contributed by atoms with Crippen molar-refractivity contribution in [3.8, 4) is 0 Å². The summed E-state index contributed by atoms with van der Waals surface area (Å²) in [5, 5.41) is 9.04. The van der Waals surface area contributed by atoms with Gasteiger partial charge in [0, 0.05) is 24.9 Å². The number of hydrogen-bond acceptors (Lipinski definition) is 2. The van der Waals surface area contributed by atoms with Gasteiger partial charge in [0.1, 0.15) is 5.78 Å². The van der Waals surface area contributed by atoms with Crippen molar-refractivity contribution >= 4 is 11.9 Å². The molecule has 1 heterocycles. The van der Waals surface area contributed by atoms with Crippen LogP contribution in [0.1, 0.15) is 39.5 Å². The van der Waals surface area contributed by atoms with Gasteiger partial charge in [0.2, 0.25) is 0 Å². The molecule has 1 amide bonds. The van der Waals surface area contributed by atoms with Crippen LogP contribution in [0.3, 0.4) is 0 Å². The van der Waals surface area contributed by atoms with Crippen LogP contribution >= 0.6 is 0 Å². The summed E-state index contributed by atoms with van der Waals surface area (Å²) >= 11 is 0. The van der Waals surface area contributed by atoms with Crippen LogP contribution in [0.15, 0.2) is 0 Å². The molecular weight excluding hydrogens is 182 g/mol. The summed E-state index contributed by atoms with van der Waals surface area (Å²) in [5.74, 6) is 0.196. The normalized spacial score (nSPS) is 27.9. The third kappa shape index (κ3) is 2.05. The zero-order chi connectivity index (χ0) is 10.7. The van der Waals surface area contributed by atoms with Gasteiger partial charge in [-0.3, -0.25) is 4.79 Å². The predicted molar refractivity (Wildman–Crippen MR) is 52.3 cm³/mol. The molecule has 0 aromatic heterocycles. The van der Waals surface area contributed by atoms with E-state index in [1.54, 1.807) is 0 Å². The molecule has 1 rings (SSSR count). The highest BCUT2D eigenvalue weighted by Gasteiger charge is 2.35. The van der Waals surface area contributed by atoms with Crippen LogP contribution in [0.4, 0.5) is 4.79 Å². The molecule has 80 valence electrons. The van der Waals surface area contributed by atoms with Gasteiger partial charge >= 0.3 is 6.09 Å². The molecule has 0 spiro atoms. The van der Waals surface area contributed by atoms with Crippen molar-refractivity contribution in [1.29, 1.82) is 0 Å². The summed E-state index contributed by atoms with van der Waals surface area (Å²) in [6, 6.07) is -0.225. The monoisotopic (exact) mass is 199 g/mol. The first-order chi connectivity index (χ1) is 6.60. The van der Waals surface area contributed by atoms with Gasteiger partial charge in [-0.2, -0.15) is 0 Å². The molecule has 0 bridgehead atoms. The SMILES string of the molecule is CCC1CC(=O)CC(CC)N1C(=O)O. The van der Waals surface area contributed by atoms with E-state index in [0.29, 0.717) is 25.7 Å². The van der Waals surface area contributed by atoms with E-state index in [2.05, 4.69) is 0 Å². The Labute approximate surface area is 83.9 Å². The van der Waals surface area contributed by atoms with E-state index in [9.17, 15) is 9.59 Å². The summed E-state index contributed by atoms with van der Waals surface area (Å²) in [4.78, 5) is 23.8. The van der Waals surface area contributed by atoms with Crippen molar-refractivity contribution in [2.75, 3.05) is 0 Å². The van der Waals surface area contributed by atoms with Gasteiger partial charge in [0.25, 0.3) is 0 Å². The summed E-state index contributed by atoms with van der Waals surface area (Å²) in [5.41, 5.74) is 0. The number of rotatable bonds is 2. The molecule has 0 aromatic rings. The molecule has 0 radical (unpaired) electrons. The average molecular weight is 199 g/mol. The summed E-state index contributed by atoms with van der Waals surface area (Å²) in [7, 11) is 0. The maximum atomic E-state index is 11.4. The fourth-order valence-electron chi connectivity index (χ4n) is 2.10. The van der Waals surface area contributed by atoms with E-state index >= 15 is 0 Å². The molecule has 14 heavy (non-hydrogen) atoms. The van der Waals surface area contributed by atoms with Crippen LogP contribution in [-0.4, -0.2) is 34.0 Å². The highest BCUT2D eigenvalue weighted by molar-refractivity contribution is 5.82. The van der Waals surface area contributed by atoms with E-state index in [0.717, 1.165) is 0 Å². The van der Waals surface area contributed by atoms with E-state index in [-0.39, 0.29) is 17.9 Å². The van der Waals surface area contributed by atoms with Crippen molar-refractivity contribution in [1.82, 2.24) is 4.90 Å². The van der Waals surface area contributed by atoms with E-state index in [1.807, 2.05) is 13.8 Å². The zero-order valence-electron chi connectivity index (χ0n) is 8.69. The molecule has 1 N–H and O–H groups in total. The van der Waals surface area contributed by atoms with Gasteiger partial charge in [-0.1, -0.05) is 13.8 Å². The fourth-order valence-corrected chi connectivity index (χ4v) is 2.10. The van der Waals surface area contributed by atoms with Gasteiger partial charge in [0.15, 0.2) is 0 Å². The van der Waals surface area contributed by atoms with Gasteiger partial charge in [0.05, 0.1) is 0 Å². The van der Waals surface area contributed by atoms with Gasteiger partial charge in [-0.05, 0) is 12.8 Å². The van der Waals surface area contributed by atoms with Crippen molar-refractivity contribution in [2.45, 2.75) is 51.6 Å². The highest BCUT2D eigenvalue weighted by atomic mass is 16.4. The number of nitrogens with zero attached hydrogens (tertiary/aromatic N) is 1. The minimum absolute atomic E-state index is 0.112. The van der Waals surface area contributed by atoms with Crippen molar-refractivity contribution in [3.63, 3.8) is 0 Å². The van der Waals surface area contributed by atoms with E-state index < -0.39 is 6.09 Å². The predicted octanol–water partition coefficient (Wildman–Crippen LogP) is 1.89. The van der Waals surface area contributed by atoms with Crippen molar-refractivity contribution < 1.29 is 14.7 Å². The number of hydrogen-bond donors (Lipinski definition) is 1. The lowest BCUT2D eigenvalue weighted by atomic mass is 9.92. The molecule has 0 aliphatic carbocycles. The first kappa shape index (κ1) is 11.0. The number of likely N-dealkylation sites (tertiary alicyclic amines) is 1. The van der Waals surface area contributed by atoms with E-state index in [4.69, 9.17) is 5.11 Å². The molecule has 0 aromatic carbocycles. The Hall–Kier alpha value is -1.06. The van der Waals surface area contributed by atoms with Crippen LogP contribution in [0.2, 0.25) is 0 Å². The molecule has 1 aliphatic heterocycles. The second-order valence-electron chi connectivity index (χ2n) is 3.76. The average Bonchev–Trinajstić information content (AvgIpc) is 2.15. The smallest absolute Gasteiger partial charge is 0.407 e. The summed E-state index contributed by atoms with van der Waals surface area (Å²) in [6.45, 7) is 3.85. The third-order valence-corrected chi connectivity index (χ3v) is 2.88. The fraction of sp³-hybridized carbons (Fsp3) is 0.800. The molecule has 1 fully saturated rings. The Bertz CT molecular complexity index is 224. The maximum absolute atomic E-state index is 11.4. The van der Waals surface area contributed by atoms with Crippen LogP contribution in [0, 0.1) is 0 Å². The van der Waals surface area contributed by atoms with Crippen LogP contribution in [0.5, 0.6) is 0 Å². The number of piperidine rings is 1. The Morgan fingerprint density at radius 1 is 1.36 bits per heavy atom. The van der Waals surface area contributed by atoms with Gasteiger partial charge < -0.3 is 10.0 Å². The summed E-state index contributed by atoms with van der Waals surface area (Å²) in [6.07, 6.45) is 1.32. The second-order valence-corrected chi connectivity index (χ2v) is 3.76. The van der Waals surface area contributed by atoms with Crippen LogP contribution < -0.4 is 0 Å². The first-order valence-corrected chi connectivity index (χ1v) is 5.13. The number of carboxylic acid groups (broad SMARTS) is 1. The minimum atomic E-state index is -0.892. The first-order valence-electron chi connectivity index (χ1n) is 5.13. The maximum Gasteiger partial charge on any atom is 0.407 e. The lowest BCUT2D eigenvalue weighted by Gasteiger charge is -2.38. The van der Waals surface area contributed by atoms with Crippen molar-refractivity contribution in [2.24, 2.45) is 0 Å². The number of carbonyl (C=O) groups is 2. The second kappa shape index (κ2) is 4.44. The van der Waals surface area contributed by atoms with E-state index in [1.165, 1.54) is 4.90 Å². The number of amides is 1. The topological polar surface area (TPSA) is 57.6 Å². The highest BCUT2D eigenvalue weighted by Crippen LogP contribution is 2.24. The molecule has 1 saturated heterocycles.